The predicted octanol–water partition coefficient (Wildman–Crippen LogP) is 2.17. The van der Waals surface area contributed by atoms with Gasteiger partial charge in [0.2, 0.25) is 0 Å². The third-order valence-corrected chi connectivity index (χ3v) is 2.18. The fourth-order valence-corrected chi connectivity index (χ4v) is 1.21. The van der Waals surface area contributed by atoms with Gasteiger partial charge in [0.1, 0.15) is 5.60 Å². The Balaban J connectivity index is 2.11. The van der Waals surface area contributed by atoms with Crippen LogP contribution in [0, 0.1) is 11.8 Å². The monoisotopic (exact) mass is 185 g/mol. The van der Waals surface area contributed by atoms with Crippen LogP contribution in [0.25, 0.3) is 0 Å². The van der Waals surface area contributed by atoms with Crippen molar-refractivity contribution in [1.29, 1.82) is 0 Å². The molecule has 1 rings (SSSR count). The zero-order valence-corrected chi connectivity index (χ0v) is 8.89. The summed E-state index contributed by atoms with van der Waals surface area (Å²) in [7, 11) is 0. The molecule has 1 fully saturated rings. The van der Waals surface area contributed by atoms with Crippen molar-refractivity contribution < 1.29 is 9.53 Å². The SMILES string of the molecule is C[C@@H]1CC1CNC(=O)OC(C)(C)C. The lowest BCUT2D eigenvalue weighted by atomic mass is 10.2. The molecule has 1 aliphatic carbocycles. The van der Waals surface area contributed by atoms with Crippen molar-refractivity contribution in [3.8, 4) is 0 Å². The maximum atomic E-state index is 11.2. The minimum atomic E-state index is -0.390. The van der Waals surface area contributed by atoms with Gasteiger partial charge in [-0.15, -0.1) is 0 Å². The van der Waals surface area contributed by atoms with E-state index in [-0.39, 0.29) is 11.7 Å². The van der Waals surface area contributed by atoms with Crippen LogP contribution in [0.2, 0.25) is 0 Å². The summed E-state index contributed by atoms with van der Waals surface area (Å²) in [5, 5.41) is 2.77. The summed E-state index contributed by atoms with van der Waals surface area (Å²) in [6, 6.07) is 0. The maximum Gasteiger partial charge on any atom is 0.407 e. The topological polar surface area (TPSA) is 38.3 Å². The van der Waals surface area contributed by atoms with Gasteiger partial charge in [-0.25, -0.2) is 4.79 Å². The minimum absolute atomic E-state index is 0.299. The lowest BCUT2D eigenvalue weighted by molar-refractivity contribution is 0.0525. The first-order valence-corrected chi connectivity index (χ1v) is 4.85. The van der Waals surface area contributed by atoms with E-state index in [1.165, 1.54) is 6.42 Å². The van der Waals surface area contributed by atoms with Crippen LogP contribution in [0.5, 0.6) is 0 Å². The van der Waals surface area contributed by atoms with E-state index >= 15 is 0 Å². The number of hydrogen-bond donors (Lipinski definition) is 1. The van der Waals surface area contributed by atoms with Gasteiger partial charge in [0.15, 0.2) is 0 Å². The molecule has 0 radical (unpaired) electrons. The third kappa shape index (κ3) is 4.15. The summed E-state index contributed by atoms with van der Waals surface area (Å²) >= 11 is 0. The van der Waals surface area contributed by atoms with E-state index in [4.69, 9.17) is 4.74 Å². The molecule has 2 atom stereocenters. The highest BCUT2D eigenvalue weighted by Gasteiger charge is 2.32. The molecule has 0 bridgehead atoms. The highest BCUT2D eigenvalue weighted by Crippen LogP contribution is 2.36. The molecule has 3 nitrogen and oxygen atoms in total. The third-order valence-electron chi connectivity index (χ3n) is 2.18. The van der Waals surface area contributed by atoms with Crippen molar-refractivity contribution >= 4 is 6.09 Å². The second-order valence-corrected chi connectivity index (χ2v) is 4.86. The van der Waals surface area contributed by atoms with Crippen LogP contribution >= 0.6 is 0 Å². The Morgan fingerprint density at radius 3 is 2.46 bits per heavy atom. The van der Waals surface area contributed by atoms with Crippen LogP contribution in [0.3, 0.4) is 0 Å². The average Bonchev–Trinajstić information content (AvgIpc) is 2.58. The number of carbonyl (C=O) groups excluding carboxylic acids is 1. The second-order valence-electron chi connectivity index (χ2n) is 4.86. The number of carbonyl (C=O) groups is 1. The summed E-state index contributed by atoms with van der Waals surface area (Å²) in [5.74, 6) is 1.45. The van der Waals surface area contributed by atoms with Gasteiger partial charge in [-0.2, -0.15) is 0 Å². The van der Waals surface area contributed by atoms with Crippen LogP contribution in [-0.2, 0) is 4.74 Å². The molecule has 1 unspecified atom stereocenters. The maximum absolute atomic E-state index is 11.2. The number of amides is 1. The number of hydrogen-bond acceptors (Lipinski definition) is 2. The fraction of sp³-hybridized carbons (Fsp3) is 0.900. The summed E-state index contributed by atoms with van der Waals surface area (Å²) in [4.78, 5) is 11.2. The van der Waals surface area contributed by atoms with Gasteiger partial charge < -0.3 is 10.1 Å². The summed E-state index contributed by atoms with van der Waals surface area (Å²) in [6.07, 6.45) is 0.932. The highest BCUT2D eigenvalue weighted by molar-refractivity contribution is 5.67. The van der Waals surface area contributed by atoms with Gasteiger partial charge in [-0.3, -0.25) is 0 Å². The standard InChI is InChI=1S/C10H19NO2/c1-7-5-8(7)6-11-9(12)13-10(2,3)4/h7-8H,5-6H2,1-4H3,(H,11,12)/t7-,8?/m1/s1. The Morgan fingerprint density at radius 2 is 2.08 bits per heavy atom. The lowest BCUT2D eigenvalue weighted by Crippen LogP contribution is -2.33. The van der Waals surface area contributed by atoms with Crippen molar-refractivity contribution in [2.24, 2.45) is 11.8 Å². The van der Waals surface area contributed by atoms with E-state index in [0.717, 1.165) is 12.5 Å². The molecular weight excluding hydrogens is 166 g/mol. The van der Waals surface area contributed by atoms with Crippen molar-refractivity contribution in [1.82, 2.24) is 5.32 Å². The van der Waals surface area contributed by atoms with Gasteiger partial charge in [0.05, 0.1) is 0 Å². The normalized spacial score (nSPS) is 26.8. The molecule has 1 aliphatic rings. The highest BCUT2D eigenvalue weighted by atomic mass is 16.6. The lowest BCUT2D eigenvalue weighted by Gasteiger charge is -2.19. The summed E-state index contributed by atoms with van der Waals surface area (Å²) in [6.45, 7) is 8.56. The van der Waals surface area contributed by atoms with Crippen LogP contribution in [-0.4, -0.2) is 18.2 Å². The number of ether oxygens (including phenoxy) is 1. The molecule has 0 aromatic heterocycles. The van der Waals surface area contributed by atoms with Crippen molar-refractivity contribution in [3.05, 3.63) is 0 Å². The molecular formula is C10H19NO2. The van der Waals surface area contributed by atoms with Crippen molar-refractivity contribution in [2.75, 3.05) is 6.54 Å². The van der Waals surface area contributed by atoms with Gasteiger partial charge in [-0.05, 0) is 39.0 Å². The Morgan fingerprint density at radius 1 is 1.54 bits per heavy atom. The first kappa shape index (κ1) is 10.4. The molecule has 1 N–H and O–H groups in total. The smallest absolute Gasteiger partial charge is 0.407 e. The molecule has 0 aliphatic heterocycles. The van der Waals surface area contributed by atoms with Gasteiger partial charge in [-0.1, -0.05) is 6.92 Å². The number of rotatable bonds is 2. The Kier molecular flexibility index (Phi) is 2.84. The Bertz CT molecular complexity index is 196. The Hall–Kier alpha value is -0.730. The quantitative estimate of drug-likeness (QED) is 0.716. The predicted molar refractivity (Wildman–Crippen MR) is 51.5 cm³/mol. The van der Waals surface area contributed by atoms with E-state index in [9.17, 15) is 4.79 Å². The summed E-state index contributed by atoms with van der Waals surface area (Å²) < 4.78 is 5.10. The van der Waals surface area contributed by atoms with Crippen LogP contribution in [0.1, 0.15) is 34.1 Å². The molecule has 13 heavy (non-hydrogen) atoms. The molecule has 76 valence electrons. The first-order valence-electron chi connectivity index (χ1n) is 4.85. The molecule has 1 amide bonds. The molecule has 0 saturated heterocycles. The molecule has 1 saturated carbocycles. The van der Waals surface area contributed by atoms with Gasteiger partial charge in [0, 0.05) is 6.54 Å². The molecule has 3 heteroatoms. The van der Waals surface area contributed by atoms with Crippen molar-refractivity contribution in [3.63, 3.8) is 0 Å². The largest absolute Gasteiger partial charge is 0.444 e. The van der Waals surface area contributed by atoms with Crippen LogP contribution in [0.15, 0.2) is 0 Å². The van der Waals surface area contributed by atoms with E-state index in [0.29, 0.717) is 5.92 Å². The minimum Gasteiger partial charge on any atom is -0.444 e. The zero-order valence-electron chi connectivity index (χ0n) is 8.89. The van der Waals surface area contributed by atoms with E-state index < -0.39 is 0 Å². The van der Waals surface area contributed by atoms with E-state index in [1.54, 1.807) is 0 Å². The molecule has 0 aromatic carbocycles. The van der Waals surface area contributed by atoms with Crippen molar-refractivity contribution in [2.45, 2.75) is 39.7 Å². The van der Waals surface area contributed by atoms with E-state index in [2.05, 4.69) is 12.2 Å². The average molecular weight is 185 g/mol. The second kappa shape index (κ2) is 3.56. The molecule has 0 spiro atoms. The molecule has 0 aromatic rings. The summed E-state index contributed by atoms with van der Waals surface area (Å²) in [5.41, 5.74) is -0.390. The molecule has 0 heterocycles. The number of alkyl carbamates (subject to hydrolysis) is 1. The number of nitrogens with one attached hydrogen (secondary N) is 1. The van der Waals surface area contributed by atoms with Gasteiger partial charge in [0.25, 0.3) is 0 Å². The Labute approximate surface area is 79.8 Å². The zero-order chi connectivity index (χ0) is 10.1. The van der Waals surface area contributed by atoms with Crippen LogP contribution in [0.4, 0.5) is 4.79 Å². The van der Waals surface area contributed by atoms with Gasteiger partial charge >= 0.3 is 6.09 Å². The van der Waals surface area contributed by atoms with E-state index in [1.807, 2.05) is 20.8 Å². The van der Waals surface area contributed by atoms with Crippen LogP contribution < -0.4 is 5.32 Å². The fourth-order valence-electron chi connectivity index (χ4n) is 1.21. The first-order chi connectivity index (χ1) is 5.88.